The lowest BCUT2D eigenvalue weighted by molar-refractivity contribution is -0.149. The van der Waals surface area contributed by atoms with Gasteiger partial charge in [-0.25, -0.2) is 13.4 Å². The first-order valence-electron chi connectivity index (χ1n) is 7.00. The molecule has 0 amide bonds. The van der Waals surface area contributed by atoms with Gasteiger partial charge in [0.25, 0.3) is 0 Å². The number of ether oxygens (including phenoxy) is 1. The molecule has 0 saturated carbocycles. The fourth-order valence-corrected chi connectivity index (χ4v) is 5.00. The molecule has 1 fully saturated rings. The molecule has 1 aromatic carbocycles. The number of esters is 1. The highest BCUT2D eigenvalue weighted by Gasteiger charge is 2.34. The van der Waals surface area contributed by atoms with E-state index in [1.807, 2.05) is 17.5 Å². The molecule has 2 heterocycles. The van der Waals surface area contributed by atoms with Gasteiger partial charge in [0, 0.05) is 16.0 Å². The van der Waals surface area contributed by atoms with Gasteiger partial charge in [-0.15, -0.1) is 11.3 Å². The van der Waals surface area contributed by atoms with Crippen LogP contribution in [0.4, 0.5) is 0 Å². The van der Waals surface area contributed by atoms with E-state index in [0.717, 1.165) is 10.6 Å². The van der Waals surface area contributed by atoms with Crippen LogP contribution in [-0.2, 0) is 26.0 Å². The summed E-state index contributed by atoms with van der Waals surface area (Å²) in [5.74, 6) is -1.06. The van der Waals surface area contributed by atoms with Crippen molar-refractivity contribution >= 4 is 38.7 Å². The lowest BCUT2D eigenvalue weighted by Crippen LogP contribution is -2.18. The zero-order valence-electron chi connectivity index (χ0n) is 12.1. The van der Waals surface area contributed by atoms with Crippen LogP contribution in [0.15, 0.2) is 29.6 Å². The van der Waals surface area contributed by atoms with Gasteiger partial charge in [-0.05, 0) is 18.6 Å². The van der Waals surface area contributed by atoms with Crippen LogP contribution in [0.2, 0.25) is 5.02 Å². The number of benzene rings is 1. The molecule has 3 rings (SSSR count). The standard InChI is InChI=1S/C15H14ClNO4S2/c16-12-3-1-10(2-4-12)14-17-13(8-22-14)7-21-15(18)11-5-6-23(19,20)9-11/h1-4,8,11H,5-7,9H2. The summed E-state index contributed by atoms with van der Waals surface area (Å²) in [6.45, 7) is 0.0550. The van der Waals surface area contributed by atoms with Crippen molar-refractivity contribution in [2.24, 2.45) is 5.92 Å². The van der Waals surface area contributed by atoms with Crippen LogP contribution in [0.1, 0.15) is 12.1 Å². The second-order valence-electron chi connectivity index (χ2n) is 5.36. The Hall–Kier alpha value is -1.44. The van der Waals surface area contributed by atoms with E-state index in [1.165, 1.54) is 11.3 Å². The quantitative estimate of drug-likeness (QED) is 0.772. The van der Waals surface area contributed by atoms with Gasteiger partial charge in [0.2, 0.25) is 0 Å². The smallest absolute Gasteiger partial charge is 0.310 e. The Kier molecular flexibility index (Phi) is 4.70. The number of thiazole rings is 1. The summed E-state index contributed by atoms with van der Waals surface area (Å²) < 4.78 is 27.9. The Morgan fingerprint density at radius 1 is 1.35 bits per heavy atom. The molecule has 122 valence electrons. The number of hydrogen-bond donors (Lipinski definition) is 0. The summed E-state index contributed by atoms with van der Waals surface area (Å²) in [5, 5.41) is 3.30. The van der Waals surface area contributed by atoms with E-state index in [4.69, 9.17) is 16.3 Å². The predicted octanol–water partition coefficient (Wildman–Crippen LogP) is 2.94. The molecule has 1 aliphatic rings. The average Bonchev–Trinajstić information content (AvgIpc) is 3.12. The zero-order chi connectivity index (χ0) is 16.4. The Balaban J connectivity index is 1.59. The molecule has 0 aliphatic carbocycles. The van der Waals surface area contributed by atoms with Crippen LogP contribution < -0.4 is 0 Å². The maximum Gasteiger partial charge on any atom is 0.310 e. The number of nitrogens with zero attached hydrogens (tertiary/aromatic N) is 1. The summed E-state index contributed by atoms with van der Waals surface area (Å²) in [4.78, 5) is 16.3. The van der Waals surface area contributed by atoms with Gasteiger partial charge >= 0.3 is 5.97 Å². The summed E-state index contributed by atoms with van der Waals surface area (Å²) in [5.41, 5.74) is 1.59. The number of carbonyl (C=O) groups is 1. The molecule has 1 aliphatic heterocycles. The minimum Gasteiger partial charge on any atom is -0.459 e. The molecule has 1 atom stereocenters. The maximum absolute atomic E-state index is 11.9. The topological polar surface area (TPSA) is 73.3 Å². The SMILES string of the molecule is O=C(OCc1csc(-c2ccc(Cl)cc2)n1)C1CCS(=O)(=O)C1. The monoisotopic (exact) mass is 371 g/mol. The van der Waals surface area contributed by atoms with Crippen molar-refractivity contribution in [2.75, 3.05) is 11.5 Å². The van der Waals surface area contributed by atoms with Gasteiger partial charge in [-0.1, -0.05) is 23.7 Å². The lowest BCUT2D eigenvalue weighted by Gasteiger charge is -2.07. The molecule has 0 radical (unpaired) electrons. The van der Waals surface area contributed by atoms with Crippen LogP contribution in [0.5, 0.6) is 0 Å². The first kappa shape index (κ1) is 16.4. The predicted molar refractivity (Wildman–Crippen MR) is 89.1 cm³/mol. The van der Waals surface area contributed by atoms with Crippen LogP contribution in [0, 0.1) is 5.92 Å². The van der Waals surface area contributed by atoms with Crippen LogP contribution in [0.3, 0.4) is 0 Å². The van der Waals surface area contributed by atoms with E-state index in [2.05, 4.69) is 4.98 Å². The highest BCUT2D eigenvalue weighted by Crippen LogP contribution is 2.26. The number of rotatable bonds is 4. The molecule has 0 N–H and O–H groups in total. The van der Waals surface area contributed by atoms with Crippen molar-refractivity contribution in [2.45, 2.75) is 13.0 Å². The Bertz CT molecular complexity index is 814. The van der Waals surface area contributed by atoms with E-state index in [0.29, 0.717) is 17.1 Å². The first-order valence-corrected chi connectivity index (χ1v) is 10.1. The Labute approximate surface area is 143 Å². The molecule has 5 nitrogen and oxygen atoms in total. The number of hydrogen-bond acceptors (Lipinski definition) is 6. The van der Waals surface area contributed by atoms with Crippen molar-refractivity contribution in [3.05, 3.63) is 40.4 Å². The van der Waals surface area contributed by atoms with Gasteiger partial charge in [0.05, 0.1) is 23.1 Å². The molecule has 2 aromatic rings. The number of sulfone groups is 1. The summed E-state index contributed by atoms with van der Waals surface area (Å²) in [7, 11) is -3.08. The largest absolute Gasteiger partial charge is 0.459 e. The third kappa shape index (κ3) is 4.10. The van der Waals surface area contributed by atoms with Gasteiger partial charge < -0.3 is 4.74 Å². The van der Waals surface area contributed by atoms with Crippen LogP contribution in [-0.4, -0.2) is 30.9 Å². The Morgan fingerprint density at radius 3 is 2.74 bits per heavy atom. The van der Waals surface area contributed by atoms with Crippen molar-refractivity contribution in [1.29, 1.82) is 0 Å². The minimum atomic E-state index is -3.08. The highest BCUT2D eigenvalue weighted by atomic mass is 35.5. The van der Waals surface area contributed by atoms with E-state index < -0.39 is 21.7 Å². The highest BCUT2D eigenvalue weighted by molar-refractivity contribution is 7.91. The number of carbonyl (C=O) groups excluding carboxylic acids is 1. The summed E-state index contributed by atoms with van der Waals surface area (Å²) in [6.07, 6.45) is 0.342. The molecular weight excluding hydrogens is 358 g/mol. The fourth-order valence-electron chi connectivity index (χ4n) is 2.34. The maximum atomic E-state index is 11.9. The third-order valence-electron chi connectivity index (χ3n) is 3.57. The Morgan fingerprint density at radius 2 is 2.09 bits per heavy atom. The second-order valence-corrected chi connectivity index (χ2v) is 8.88. The lowest BCUT2D eigenvalue weighted by atomic mass is 10.1. The molecule has 23 heavy (non-hydrogen) atoms. The molecule has 8 heteroatoms. The van der Waals surface area contributed by atoms with E-state index >= 15 is 0 Å². The van der Waals surface area contributed by atoms with Crippen LogP contribution >= 0.6 is 22.9 Å². The second kappa shape index (κ2) is 6.59. The number of aromatic nitrogens is 1. The van der Waals surface area contributed by atoms with E-state index in [9.17, 15) is 13.2 Å². The zero-order valence-corrected chi connectivity index (χ0v) is 14.5. The summed E-state index contributed by atoms with van der Waals surface area (Å²) in [6, 6.07) is 7.33. The first-order chi connectivity index (χ1) is 10.9. The molecule has 0 bridgehead atoms. The minimum absolute atomic E-state index is 0.0550. The number of halogens is 1. The van der Waals surface area contributed by atoms with Gasteiger partial charge in [0.15, 0.2) is 9.84 Å². The van der Waals surface area contributed by atoms with E-state index in [1.54, 1.807) is 12.1 Å². The molecule has 1 aromatic heterocycles. The van der Waals surface area contributed by atoms with E-state index in [-0.39, 0.29) is 18.1 Å². The van der Waals surface area contributed by atoms with Gasteiger partial charge in [0.1, 0.15) is 11.6 Å². The van der Waals surface area contributed by atoms with Crippen molar-refractivity contribution < 1.29 is 17.9 Å². The normalized spacial score (nSPS) is 19.6. The molecule has 0 spiro atoms. The summed E-state index contributed by atoms with van der Waals surface area (Å²) >= 11 is 7.30. The third-order valence-corrected chi connectivity index (χ3v) is 6.53. The van der Waals surface area contributed by atoms with Crippen LogP contribution in [0.25, 0.3) is 10.6 Å². The van der Waals surface area contributed by atoms with Gasteiger partial charge in [-0.3, -0.25) is 4.79 Å². The molecule has 1 unspecified atom stereocenters. The van der Waals surface area contributed by atoms with Crippen molar-refractivity contribution in [3.63, 3.8) is 0 Å². The van der Waals surface area contributed by atoms with Crippen molar-refractivity contribution in [1.82, 2.24) is 4.98 Å². The molecular formula is C15H14ClNO4S2. The molecule has 1 saturated heterocycles. The van der Waals surface area contributed by atoms with Gasteiger partial charge in [-0.2, -0.15) is 0 Å². The fraction of sp³-hybridized carbons (Fsp3) is 0.333. The van der Waals surface area contributed by atoms with Crippen molar-refractivity contribution in [3.8, 4) is 10.6 Å². The average molecular weight is 372 g/mol.